The summed E-state index contributed by atoms with van der Waals surface area (Å²) in [6.07, 6.45) is 0. The third-order valence-corrected chi connectivity index (χ3v) is 4.24. The first kappa shape index (κ1) is 19.0. The Kier molecular flexibility index (Phi) is 6.14. The van der Waals surface area contributed by atoms with Gasteiger partial charge in [-0.25, -0.2) is 8.78 Å². The second-order valence-corrected chi connectivity index (χ2v) is 6.29. The van der Waals surface area contributed by atoms with Gasteiger partial charge in [0.2, 0.25) is 0 Å². The summed E-state index contributed by atoms with van der Waals surface area (Å²) < 4.78 is 37.3. The fraction of sp³-hybridized carbons (Fsp3) is 0.143. The largest absolute Gasteiger partial charge is 0.493 e. The Morgan fingerprint density at radius 2 is 1.63 bits per heavy atom. The van der Waals surface area contributed by atoms with Crippen LogP contribution in [0.15, 0.2) is 60.7 Å². The lowest BCUT2D eigenvalue weighted by Gasteiger charge is -2.13. The molecule has 0 saturated heterocycles. The molecule has 0 saturated carbocycles. The maximum absolute atomic E-state index is 13.2. The molecule has 0 aliphatic rings. The van der Waals surface area contributed by atoms with Crippen molar-refractivity contribution in [2.24, 2.45) is 0 Å². The van der Waals surface area contributed by atoms with E-state index in [4.69, 9.17) is 21.1 Å². The summed E-state index contributed by atoms with van der Waals surface area (Å²) in [6.45, 7) is 0.818. The first-order valence-corrected chi connectivity index (χ1v) is 8.66. The van der Waals surface area contributed by atoms with Gasteiger partial charge in [-0.1, -0.05) is 29.8 Å². The lowest BCUT2D eigenvalue weighted by atomic mass is 10.2. The zero-order chi connectivity index (χ0) is 19.2. The summed E-state index contributed by atoms with van der Waals surface area (Å²) in [5, 5.41) is 3.25. The van der Waals surface area contributed by atoms with Crippen molar-refractivity contribution >= 4 is 17.3 Å². The molecule has 0 amide bonds. The predicted molar refractivity (Wildman–Crippen MR) is 102 cm³/mol. The topological polar surface area (TPSA) is 30.5 Å². The van der Waals surface area contributed by atoms with Crippen LogP contribution in [0.3, 0.4) is 0 Å². The van der Waals surface area contributed by atoms with Gasteiger partial charge in [0.15, 0.2) is 11.5 Å². The normalized spacial score (nSPS) is 10.5. The van der Waals surface area contributed by atoms with Crippen molar-refractivity contribution in [1.82, 2.24) is 0 Å². The first-order chi connectivity index (χ1) is 13.0. The van der Waals surface area contributed by atoms with Crippen molar-refractivity contribution < 1.29 is 18.3 Å². The van der Waals surface area contributed by atoms with Gasteiger partial charge in [-0.3, -0.25) is 0 Å². The van der Waals surface area contributed by atoms with E-state index in [1.54, 1.807) is 25.3 Å². The van der Waals surface area contributed by atoms with Crippen LogP contribution in [0, 0.1) is 11.6 Å². The third-order valence-electron chi connectivity index (χ3n) is 3.95. The van der Waals surface area contributed by atoms with E-state index in [9.17, 15) is 8.78 Å². The Morgan fingerprint density at radius 3 is 2.33 bits per heavy atom. The molecule has 1 N–H and O–H groups in total. The zero-order valence-corrected chi connectivity index (χ0v) is 15.4. The Balaban J connectivity index is 1.64. The van der Waals surface area contributed by atoms with Crippen molar-refractivity contribution in [2.75, 3.05) is 12.4 Å². The summed E-state index contributed by atoms with van der Waals surface area (Å²) in [4.78, 5) is 0. The van der Waals surface area contributed by atoms with E-state index in [0.29, 0.717) is 24.7 Å². The van der Waals surface area contributed by atoms with Crippen LogP contribution in [0.25, 0.3) is 0 Å². The molecule has 0 atom stereocenters. The minimum atomic E-state index is -0.452. The number of hydrogen-bond donors (Lipinski definition) is 1. The molecule has 6 heteroatoms. The molecule has 27 heavy (non-hydrogen) atoms. The molecule has 0 aliphatic carbocycles. The molecule has 0 heterocycles. The Hall–Kier alpha value is -2.79. The maximum Gasteiger partial charge on any atom is 0.161 e. The quantitative estimate of drug-likeness (QED) is 0.552. The molecule has 3 aromatic carbocycles. The minimum Gasteiger partial charge on any atom is -0.493 e. The average molecular weight is 390 g/mol. The third kappa shape index (κ3) is 5.11. The van der Waals surface area contributed by atoms with Crippen LogP contribution in [0.2, 0.25) is 5.02 Å². The van der Waals surface area contributed by atoms with Crippen LogP contribution in [0.5, 0.6) is 11.5 Å². The lowest BCUT2D eigenvalue weighted by Crippen LogP contribution is -2.02. The molecule has 3 rings (SSSR count). The van der Waals surface area contributed by atoms with Crippen LogP contribution in [0.4, 0.5) is 14.5 Å². The lowest BCUT2D eigenvalue weighted by molar-refractivity contribution is 0.284. The molecule has 0 spiro atoms. The number of halogens is 3. The molecule has 3 nitrogen and oxygen atoms in total. The summed E-state index contributed by atoms with van der Waals surface area (Å²) >= 11 is 5.79. The molecular weight excluding hydrogens is 372 g/mol. The molecule has 140 valence electrons. The Morgan fingerprint density at radius 1 is 0.889 bits per heavy atom. The molecule has 0 aliphatic heterocycles. The average Bonchev–Trinajstić information content (AvgIpc) is 2.68. The van der Waals surface area contributed by atoms with Crippen LogP contribution < -0.4 is 14.8 Å². The molecule has 0 unspecified atom stereocenters. The number of anilines is 1. The summed E-state index contributed by atoms with van der Waals surface area (Å²) in [6, 6.07) is 16.2. The van der Waals surface area contributed by atoms with E-state index >= 15 is 0 Å². The van der Waals surface area contributed by atoms with Crippen LogP contribution in [-0.4, -0.2) is 7.11 Å². The Labute approximate surface area is 161 Å². The fourth-order valence-electron chi connectivity index (χ4n) is 2.49. The highest BCUT2D eigenvalue weighted by atomic mass is 35.5. The van der Waals surface area contributed by atoms with Crippen LogP contribution >= 0.6 is 11.6 Å². The molecule has 0 fully saturated rings. The second-order valence-electron chi connectivity index (χ2n) is 5.88. The summed E-state index contributed by atoms with van der Waals surface area (Å²) in [7, 11) is 1.57. The van der Waals surface area contributed by atoms with Crippen molar-refractivity contribution in [3.63, 3.8) is 0 Å². The maximum atomic E-state index is 13.2. The highest BCUT2D eigenvalue weighted by Gasteiger charge is 2.07. The van der Waals surface area contributed by atoms with Gasteiger partial charge in [0.25, 0.3) is 0 Å². The van der Waals surface area contributed by atoms with Gasteiger partial charge in [0.05, 0.1) is 12.1 Å². The summed E-state index contributed by atoms with van der Waals surface area (Å²) in [5.74, 6) is 0.450. The Bertz CT molecular complexity index is 917. The number of nitrogens with one attached hydrogen (secondary N) is 1. The van der Waals surface area contributed by atoms with E-state index in [0.717, 1.165) is 16.8 Å². The SMILES string of the molecule is COc1cc(CNc2ccc(F)c(Cl)c2)ccc1OCc1ccc(F)cc1. The van der Waals surface area contributed by atoms with E-state index in [2.05, 4.69) is 5.32 Å². The van der Waals surface area contributed by atoms with Gasteiger partial charge in [-0.15, -0.1) is 0 Å². The van der Waals surface area contributed by atoms with E-state index in [1.165, 1.54) is 24.3 Å². The molecule has 3 aromatic rings. The standard InChI is InChI=1S/C21H18ClF2NO2/c1-26-21-10-15(12-25-17-7-8-19(24)18(22)11-17)4-9-20(21)27-13-14-2-5-16(23)6-3-14/h2-11,25H,12-13H2,1H3. The number of benzene rings is 3. The van der Waals surface area contributed by atoms with Gasteiger partial charge < -0.3 is 14.8 Å². The van der Waals surface area contributed by atoms with Gasteiger partial charge >= 0.3 is 0 Å². The van der Waals surface area contributed by atoms with E-state index in [-0.39, 0.29) is 10.8 Å². The monoisotopic (exact) mass is 389 g/mol. The first-order valence-electron chi connectivity index (χ1n) is 8.28. The minimum absolute atomic E-state index is 0.0714. The highest BCUT2D eigenvalue weighted by molar-refractivity contribution is 6.31. The molecule has 0 bridgehead atoms. The van der Waals surface area contributed by atoms with Crippen molar-refractivity contribution in [1.29, 1.82) is 0 Å². The molecule has 0 radical (unpaired) electrons. The fourth-order valence-corrected chi connectivity index (χ4v) is 2.67. The number of methoxy groups -OCH3 is 1. The molecular formula is C21H18ClF2NO2. The van der Waals surface area contributed by atoms with Crippen molar-refractivity contribution in [3.05, 3.63) is 88.4 Å². The number of rotatable bonds is 7. The second kappa shape index (κ2) is 8.73. The highest BCUT2D eigenvalue weighted by Crippen LogP contribution is 2.29. The van der Waals surface area contributed by atoms with Crippen molar-refractivity contribution in [2.45, 2.75) is 13.2 Å². The van der Waals surface area contributed by atoms with E-state index < -0.39 is 5.82 Å². The van der Waals surface area contributed by atoms with Gasteiger partial charge in [-0.2, -0.15) is 0 Å². The predicted octanol–water partition coefficient (Wildman–Crippen LogP) is 5.82. The van der Waals surface area contributed by atoms with Gasteiger partial charge in [0.1, 0.15) is 18.2 Å². The van der Waals surface area contributed by atoms with Crippen molar-refractivity contribution in [3.8, 4) is 11.5 Å². The summed E-state index contributed by atoms with van der Waals surface area (Å²) in [5.41, 5.74) is 2.54. The van der Waals surface area contributed by atoms with Crippen LogP contribution in [-0.2, 0) is 13.2 Å². The number of hydrogen-bond acceptors (Lipinski definition) is 3. The van der Waals surface area contributed by atoms with E-state index in [1.807, 2.05) is 18.2 Å². The molecule has 0 aromatic heterocycles. The number of ether oxygens (including phenoxy) is 2. The van der Waals surface area contributed by atoms with Crippen LogP contribution in [0.1, 0.15) is 11.1 Å². The van der Waals surface area contributed by atoms with Gasteiger partial charge in [0, 0.05) is 12.2 Å². The van der Waals surface area contributed by atoms with Gasteiger partial charge in [-0.05, 0) is 53.6 Å². The zero-order valence-electron chi connectivity index (χ0n) is 14.6. The smallest absolute Gasteiger partial charge is 0.161 e.